The van der Waals surface area contributed by atoms with Gasteiger partial charge in [0, 0.05) is 23.8 Å². The standard InChI is InChI=1S/C16H18O4/c1-6-11-7-2-3-8(4-7)13(11)16(20)14-12(6)9(17)5-10(18)15(14)19/h2-3,6-9,11-13,17,19H,4-5H2,1H3. The van der Waals surface area contributed by atoms with Crippen LogP contribution in [0.4, 0.5) is 0 Å². The Labute approximate surface area is 117 Å². The summed E-state index contributed by atoms with van der Waals surface area (Å²) >= 11 is 0. The molecule has 0 aromatic carbocycles. The molecule has 4 heteroatoms. The zero-order chi connectivity index (χ0) is 14.2. The third-order valence-corrected chi connectivity index (χ3v) is 5.92. The first-order valence-electron chi connectivity index (χ1n) is 7.37. The summed E-state index contributed by atoms with van der Waals surface area (Å²) in [6.07, 6.45) is 4.39. The Morgan fingerprint density at radius 3 is 2.60 bits per heavy atom. The predicted octanol–water partition coefficient (Wildman–Crippen LogP) is 1.41. The number of allylic oxidation sites excluding steroid dienone is 3. The van der Waals surface area contributed by atoms with E-state index in [4.69, 9.17) is 0 Å². The molecule has 2 fully saturated rings. The third-order valence-electron chi connectivity index (χ3n) is 5.92. The van der Waals surface area contributed by atoms with Crippen LogP contribution in [0.1, 0.15) is 19.8 Å². The van der Waals surface area contributed by atoms with Crippen molar-refractivity contribution in [1.82, 2.24) is 0 Å². The van der Waals surface area contributed by atoms with Crippen LogP contribution in [0.2, 0.25) is 0 Å². The van der Waals surface area contributed by atoms with Crippen LogP contribution in [0.3, 0.4) is 0 Å². The lowest BCUT2D eigenvalue weighted by Crippen LogP contribution is -2.50. The van der Waals surface area contributed by atoms with Gasteiger partial charge in [0.2, 0.25) is 0 Å². The number of hydrogen-bond donors (Lipinski definition) is 2. The molecule has 0 aromatic heterocycles. The smallest absolute Gasteiger partial charge is 0.200 e. The van der Waals surface area contributed by atoms with Gasteiger partial charge in [-0.1, -0.05) is 19.1 Å². The maximum absolute atomic E-state index is 12.8. The van der Waals surface area contributed by atoms with Crippen molar-refractivity contribution in [2.75, 3.05) is 0 Å². The van der Waals surface area contributed by atoms with E-state index < -0.39 is 11.9 Å². The van der Waals surface area contributed by atoms with Crippen LogP contribution in [0, 0.1) is 35.5 Å². The third kappa shape index (κ3) is 1.30. The highest BCUT2D eigenvalue weighted by Crippen LogP contribution is 2.58. The van der Waals surface area contributed by atoms with Crippen LogP contribution in [-0.2, 0) is 9.59 Å². The molecule has 4 rings (SSSR count). The molecular formula is C16H18O4. The monoisotopic (exact) mass is 274 g/mol. The highest BCUT2D eigenvalue weighted by Gasteiger charge is 2.59. The van der Waals surface area contributed by atoms with Gasteiger partial charge in [0.25, 0.3) is 0 Å². The zero-order valence-corrected chi connectivity index (χ0v) is 11.3. The number of Topliss-reactive ketones (excluding diaryl/α,β-unsaturated/α-hetero) is 2. The number of fused-ring (bicyclic) bond motifs is 6. The molecule has 20 heavy (non-hydrogen) atoms. The van der Waals surface area contributed by atoms with Crippen LogP contribution in [-0.4, -0.2) is 27.9 Å². The maximum atomic E-state index is 12.8. The summed E-state index contributed by atoms with van der Waals surface area (Å²) in [4.78, 5) is 24.5. The molecule has 106 valence electrons. The van der Waals surface area contributed by atoms with Crippen molar-refractivity contribution in [2.45, 2.75) is 25.9 Å². The van der Waals surface area contributed by atoms with E-state index in [-0.39, 0.29) is 53.1 Å². The molecule has 2 saturated carbocycles. The van der Waals surface area contributed by atoms with Gasteiger partial charge in [-0.05, 0) is 30.1 Å². The van der Waals surface area contributed by atoms with Gasteiger partial charge in [0.15, 0.2) is 17.3 Å². The number of carbonyl (C=O) groups is 2. The molecule has 2 N–H and O–H groups in total. The van der Waals surface area contributed by atoms with Crippen molar-refractivity contribution in [1.29, 1.82) is 0 Å². The number of carbonyl (C=O) groups excluding carboxylic acids is 2. The number of aliphatic hydroxyl groups excluding tert-OH is 2. The van der Waals surface area contributed by atoms with Gasteiger partial charge in [0.1, 0.15) is 0 Å². The van der Waals surface area contributed by atoms with Crippen LogP contribution < -0.4 is 0 Å². The second-order valence-electron chi connectivity index (χ2n) is 6.76. The highest BCUT2D eigenvalue weighted by atomic mass is 16.3. The van der Waals surface area contributed by atoms with E-state index in [0.29, 0.717) is 5.92 Å². The molecule has 4 aliphatic rings. The molecule has 0 radical (unpaired) electrons. The van der Waals surface area contributed by atoms with E-state index in [0.717, 1.165) is 6.42 Å². The summed E-state index contributed by atoms with van der Waals surface area (Å²) in [6.45, 7) is 2.05. The van der Waals surface area contributed by atoms with Gasteiger partial charge in [0.05, 0.1) is 6.10 Å². The van der Waals surface area contributed by atoms with Crippen molar-refractivity contribution in [2.24, 2.45) is 35.5 Å². The minimum atomic E-state index is -0.837. The van der Waals surface area contributed by atoms with Crippen molar-refractivity contribution in [3.8, 4) is 0 Å². The van der Waals surface area contributed by atoms with E-state index in [1.54, 1.807) is 0 Å². The lowest BCUT2D eigenvalue weighted by Gasteiger charge is -2.45. The van der Waals surface area contributed by atoms with E-state index in [1.807, 2.05) is 0 Å². The Bertz CT molecular complexity index is 573. The van der Waals surface area contributed by atoms with Gasteiger partial charge < -0.3 is 10.2 Å². The molecule has 0 heterocycles. The normalized spacial score (nSPS) is 49.6. The fraction of sp³-hybridized carbons (Fsp3) is 0.625. The lowest BCUT2D eigenvalue weighted by molar-refractivity contribution is -0.133. The first-order chi connectivity index (χ1) is 9.50. The van der Waals surface area contributed by atoms with E-state index in [1.165, 1.54) is 0 Å². The van der Waals surface area contributed by atoms with Crippen LogP contribution in [0.25, 0.3) is 0 Å². The molecule has 7 atom stereocenters. The Balaban J connectivity index is 1.86. The quantitative estimate of drug-likeness (QED) is 0.655. The predicted molar refractivity (Wildman–Crippen MR) is 70.7 cm³/mol. The van der Waals surface area contributed by atoms with Crippen molar-refractivity contribution < 1.29 is 19.8 Å². The van der Waals surface area contributed by atoms with Gasteiger partial charge in [-0.3, -0.25) is 9.59 Å². The molecule has 0 saturated heterocycles. The Hall–Kier alpha value is -1.42. The molecule has 2 bridgehead atoms. The SMILES string of the molecule is CC1C2C(=C(O)C(=O)CC2O)C(=O)C2C3C=CC(C3)C12. The average Bonchev–Trinajstić information content (AvgIpc) is 3.00. The summed E-state index contributed by atoms with van der Waals surface area (Å²) in [5.41, 5.74) is 0.212. The van der Waals surface area contributed by atoms with Gasteiger partial charge in [-0.25, -0.2) is 0 Å². The van der Waals surface area contributed by atoms with Crippen molar-refractivity contribution >= 4 is 11.6 Å². The molecule has 0 spiro atoms. The summed E-state index contributed by atoms with van der Waals surface area (Å²) in [5, 5.41) is 20.3. The fourth-order valence-electron chi connectivity index (χ4n) is 5.17. The minimum absolute atomic E-state index is 0.0705. The molecule has 7 unspecified atom stereocenters. The van der Waals surface area contributed by atoms with E-state index in [2.05, 4.69) is 19.1 Å². The topological polar surface area (TPSA) is 74.6 Å². The summed E-state index contributed by atoms with van der Waals surface area (Å²) < 4.78 is 0. The van der Waals surface area contributed by atoms with Crippen LogP contribution in [0.5, 0.6) is 0 Å². The van der Waals surface area contributed by atoms with E-state index in [9.17, 15) is 19.8 Å². The zero-order valence-electron chi connectivity index (χ0n) is 11.3. The average molecular weight is 274 g/mol. The van der Waals surface area contributed by atoms with Crippen molar-refractivity contribution in [3.05, 3.63) is 23.5 Å². The fourth-order valence-corrected chi connectivity index (χ4v) is 5.17. The molecule has 0 amide bonds. The first kappa shape index (κ1) is 12.3. The second kappa shape index (κ2) is 3.82. The summed E-state index contributed by atoms with van der Waals surface area (Å²) in [5.74, 6) is -0.434. The Morgan fingerprint density at radius 1 is 1.15 bits per heavy atom. The number of aliphatic hydroxyl groups is 2. The minimum Gasteiger partial charge on any atom is -0.504 e. The van der Waals surface area contributed by atoms with Gasteiger partial charge >= 0.3 is 0 Å². The number of ketones is 2. The molecule has 4 nitrogen and oxygen atoms in total. The van der Waals surface area contributed by atoms with Crippen LogP contribution in [0.15, 0.2) is 23.5 Å². The van der Waals surface area contributed by atoms with Crippen molar-refractivity contribution in [3.63, 3.8) is 0 Å². The first-order valence-corrected chi connectivity index (χ1v) is 7.37. The number of rotatable bonds is 0. The van der Waals surface area contributed by atoms with E-state index >= 15 is 0 Å². The number of hydrogen-bond acceptors (Lipinski definition) is 4. The molecule has 0 aromatic rings. The van der Waals surface area contributed by atoms with Gasteiger partial charge in [-0.15, -0.1) is 0 Å². The Morgan fingerprint density at radius 2 is 1.85 bits per heavy atom. The lowest BCUT2D eigenvalue weighted by atomic mass is 9.58. The Kier molecular flexibility index (Phi) is 2.35. The second-order valence-corrected chi connectivity index (χ2v) is 6.76. The molecule has 0 aliphatic heterocycles. The van der Waals surface area contributed by atoms with Gasteiger partial charge in [-0.2, -0.15) is 0 Å². The molecular weight excluding hydrogens is 256 g/mol. The summed E-state index contributed by atoms with van der Waals surface area (Å²) in [7, 11) is 0. The largest absolute Gasteiger partial charge is 0.504 e. The molecule has 4 aliphatic carbocycles. The maximum Gasteiger partial charge on any atom is 0.200 e. The highest BCUT2D eigenvalue weighted by molar-refractivity contribution is 6.08. The van der Waals surface area contributed by atoms with Crippen LogP contribution >= 0.6 is 0 Å². The summed E-state index contributed by atoms with van der Waals surface area (Å²) in [6, 6.07) is 0.